The summed E-state index contributed by atoms with van der Waals surface area (Å²) in [5, 5.41) is 3.99. The first kappa shape index (κ1) is 29.9. The van der Waals surface area contributed by atoms with Crippen molar-refractivity contribution in [1.82, 2.24) is 4.98 Å². The highest BCUT2D eigenvalue weighted by Crippen LogP contribution is 2.31. The van der Waals surface area contributed by atoms with Crippen molar-refractivity contribution in [3.05, 3.63) is 148 Å². The van der Waals surface area contributed by atoms with Gasteiger partial charge in [-0.25, -0.2) is 9.78 Å². The Labute approximate surface area is 249 Å². The van der Waals surface area contributed by atoms with Crippen LogP contribution in [-0.2, 0) is 43.5 Å². The smallest absolute Gasteiger partial charge is 0.359 e. The number of benzene rings is 3. The van der Waals surface area contributed by atoms with Gasteiger partial charge in [-0.2, -0.15) is 0 Å². The molecule has 10 nitrogen and oxygen atoms in total. The summed E-state index contributed by atoms with van der Waals surface area (Å²) in [6, 6.07) is 32.9. The molecule has 5 atom stereocenters. The van der Waals surface area contributed by atoms with Gasteiger partial charge in [-0.15, -0.1) is 0 Å². The Morgan fingerprint density at radius 1 is 0.767 bits per heavy atom. The number of carbonyl (C=O) groups is 1. The number of hydrogen-bond acceptors (Lipinski definition) is 8. The lowest BCUT2D eigenvalue weighted by Crippen LogP contribution is -2.60. The SMILES string of the molecule is [N-]=[N+]=N[C@H]1[C@H](OC(=O)c2ccccn2)O[C@H](COCc2ccccc2)[C@@H](OCc2ccccc2)[C@@H]1OCc1ccccc1. The standard InChI is InChI=1S/C33H32N4O6/c34-37-36-29-31(41-22-26-16-8-3-9-17-26)30(40-21-25-14-6-2-7-15-25)28(23-39-20-24-12-4-1-5-13-24)42-33(29)43-32(38)27-18-10-11-19-35-27/h1-19,28-31,33H,20-23H2/t28-,29-,30-,31-,33+/m1/s1. The maximum Gasteiger partial charge on any atom is 0.359 e. The molecule has 1 aromatic heterocycles. The lowest BCUT2D eigenvalue weighted by atomic mass is 9.96. The molecule has 0 amide bonds. The first-order valence-corrected chi connectivity index (χ1v) is 14.0. The summed E-state index contributed by atoms with van der Waals surface area (Å²) < 4.78 is 31.0. The average molecular weight is 581 g/mol. The van der Waals surface area contributed by atoms with Gasteiger partial charge in [0.25, 0.3) is 0 Å². The fourth-order valence-corrected chi connectivity index (χ4v) is 4.75. The van der Waals surface area contributed by atoms with Crippen molar-refractivity contribution in [1.29, 1.82) is 0 Å². The van der Waals surface area contributed by atoms with Crippen LogP contribution in [-0.4, -0.2) is 48.2 Å². The van der Waals surface area contributed by atoms with Crippen molar-refractivity contribution in [2.75, 3.05) is 6.61 Å². The van der Waals surface area contributed by atoms with E-state index >= 15 is 0 Å². The van der Waals surface area contributed by atoms with E-state index < -0.39 is 36.6 Å². The number of hydrogen-bond donors (Lipinski definition) is 0. The number of rotatable bonds is 13. The molecular weight excluding hydrogens is 548 g/mol. The molecule has 0 aliphatic carbocycles. The number of azide groups is 1. The Hall–Kier alpha value is -4.57. The third-order valence-electron chi connectivity index (χ3n) is 6.86. The van der Waals surface area contributed by atoms with Crippen LogP contribution in [0.3, 0.4) is 0 Å². The van der Waals surface area contributed by atoms with Gasteiger partial charge >= 0.3 is 5.97 Å². The summed E-state index contributed by atoms with van der Waals surface area (Å²) in [6.45, 7) is 0.878. The van der Waals surface area contributed by atoms with E-state index in [2.05, 4.69) is 15.0 Å². The van der Waals surface area contributed by atoms with Crippen molar-refractivity contribution >= 4 is 5.97 Å². The summed E-state index contributed by atoms with van der Waals surface area (Å²) in [5.74, 6) is -0.724. The van der Waals surface area contributed by atoms with Gasteiger partial charge in [0.2, 0.25) is 6.29 Å². The van der Waals surface area contributed by atoms with Crippen LogP contribution in [0.1, 0.15) is 27.2 Å². The number of ether oxygens (including phenoxy) is 5. The fourth-order valence-electron chi connectivity index (χ4n) is 4.75. The van der Waals surface area contributed by atoms with E-state index in [1.807, 2.05) is 91.0 Å². The number of nitrogens with zero attached hydrogens (tertiary/aromatic N) is 4. The maximum atomic E-state index is 13.0. The highest BCUT2D eigenvalue weighted by atomic mass is 16.7. The molecular formula is C33H32N4O6. The van der Waals surface area contributed by atoms with Gasteiger partial charge in [0.15, 0.2) is 0 Å². The molecule has 43 heavy (non-hydrogen) atoms. The molecule has 220 valence electrons. The quantitative estimate of drug-likeness (QED) is 0.0818. The highest BCUT2D eigenvalue weighted by molar-refractivity contribution is 5.87. The van der Waals surface area contributed by atoms with Crippen LogP contribution in [0.25, 0.3) is 10.4 Å². The third kappa shape index (κ3) is 8.48. The van der Waals surface area contributed by atoms with Crippen LogP contribution < -0.4 is 0 Å². The second-order valence-electron chi connectivity index (χ2n) is 9.88. The monoisotopic (exact) mass is 580 g/mol. The number of esters is 1. The van der Waals surface area contributed by atoms with Gasteiger partial charge in [0.05, 0.1) is 26.4 Å². The first-order chi connectivity index (χ1) is 21.2. The second-order valence-corrected chi connectivity index (χ2v) is 9.88. The van der Waals surface area contributed by atoms with Gasteiger partial charge in [0.1, 0.15) is 30.0 Å². The molecule has 0 radical (unpaired) electrons. The van der Waals surface area contributed by atoms with Crippen LogP contribution in [0.4, 0.5) is 0 Å². The topological polar surface area (TPSA) is 125 Å². The third-order valence-corrected chi connectivity index (χ3v) is 6.86. The van der Waals surface area contributed by atoms with Gasteiger partial charge in [0, 0.05) is 11.1 Å². The molecule has 0 saturated carbocycles. The molecule has 2 heterocycles. The highest BCUT2D eigenvalue weighted by Gasteiger charge is 2.49. The van der Waals surface area contributed by atoms with E-state index in [1.54, 1.807) is 12.1 Å². The molecule has 0 N–H and O–H groups in total. The molecule has 1 aliphatic heterocycles. The van der Waals surface area contributed by atoms with Crippen molar-refractivity contribution in [3.8, 4) is 0 Å². The van der Waals surface area contributed by atoms with Gasteiger partial charge < -0.3 is 23.7 Å². The molecule has 0 bridgehead atoms. The van der Waals surface area contributed by atoms with E-state index in [0.717, 1.165) is 16.7 Å². The van der Waals surface area contributed by atoms with Gasteiger partial charge in [-0.3, -0.25) is 0 Å². The van der Waals surface area contributed by atoms with Crippen molar-refractivity contribution in [2.24, 2.45) is 5.11 Å². The Balaban J connectivity index is 1.43. The van der Waals surface area contributed by atoms with Crippen LogP contribution in [0.5, 0.6) is 0 Å². The number of pyridine rings is 1. The molecule has 5 rings (SSSR count). The largest absolute Gasteiger partial charge is 0.430 e. The minimum atomic E-state index is -1.28. The lowest BCUT2D eigenvalue weighted by molar-refractivity contribution is -0.272. The van der Waals surface area contributed by atoms with Gasteiger partial charge in [-0.05, 0) is 34.4 Å². The average Bonchev–Trinajstić information content (AvgIpc) is 3.06. The molecule has 1 fully saturated rings. The Bertz CT molecular complexity index is 1460. The second kappa shape index (κ2) is 15.6. The Morgan fingerprint density at radius 3 is 1.88 bits per heavy atom. The summed E-state index contributed by atoms with van der Waals surface area (Å²) >= 11 is 0. The number of aromatic nitrogens is 1. The molecule has 10 heteroatoms. The first-order valence-electron chi connectivity index (χ1n) is 14.0. The summed E-state index contributed by atoms with van der Waals surface area (Å²) in [6.07, 6.45) is -2.11. The zero-order valence-electron chi connectivity index (χ0n) is 23.4. The van der Waals surface area contributed by atoms with E-state index in [-0.39, 0.29) is 25.5 Å². The van der Waals surface area contributed by atoms with E-state index in [9.17, 15) is 10.3 Å². The van der Waals surface area contributed by atoms with Crippen molar-refractivity contribution in [2.45, 2.75) is 50.5 Å². The van der Waals surface area contributed by atoms with Crippen LogP contribution >= 0.6 is 0 Å². The maximum absolute atomic E-state index is 13.0. The van der Waals surface area contributed by atoms with E-state index in [1.165, 1.54) is 12.3 Å². The molecule has 3 aromatic carbocycles. The zero-order chi connectivity index (χ0) is 29.7. The Morgan fingerprint density at radius 2 is 1.33 bits per heavy atom. The normalized spacial score (nSPS) is 21.4. The molecule has 4 aromatic rings. The fraction of sp³-hybridized carbons (Fsp3) is 0.273. The van der Waals surface area contributed by atoms with Crippen LogP contribution in [0.15, 0.2) is 121 Å². The minimum absolute atomic E-state index is 0.0897. The lowest BCUT2D eigenvalue weighted by Gasteiger charge is -2.44. The predicted molar refractivity (Wildman–Crippen MR) is 157 cm³/mol. The van der Waals surface area contributed by atoms with Gasteiger partial charge in [-0.1, -0.05) is 102 Å². The van der Waals surface area contributed by atoms with E-state index in [0.29, 0.717) is 6.61 Å². The molecule has 1 aliphatic rings. The minimum Gasteiger partial charge on any atom is -0.430 e. The van der Waals surface area contributed by atoms with Crippen molar-refractivity contribution in [3.63, 3.8) is 0 Å². The predicted octanol–water partition coefficient (Wildman–Crippen LogP) is 6.03. The summed E-state index contributed by atoms with van der Waals surface area (Å²) in [5.41, 5.74) is 12.5. The van der Waals surface area contributed by atoms with E-state index in [4.69, 9.17) is 23.7 Å². The molecule has 0 spiro atoms. The van der Waals surface area contributed by atoms with Crippen LogP contribution in [0, 0.1) is 0 Å². The van der Waals surface area contributed by atoms with Crippen LogP contribution in [0.2, 0.25) is 0 Å². The number of carbonyl (C=O) groups excluding carboxylic acids is 1. The summed E-state index contributed by atoms with van der Waals surface area (Å²) in [7, 11) is 0. The molecule has 0 unspecified atom stereocenters. The zero-order valence-corrected chi connectivity index (χ0v) is 23.4. The summed E-state index contributed by atoms with van der Waals surface area (Å²) in [4.78, 5) is 20.2. The van der Waals surface area contributed by atoms with Crippen molar-refractivity contribution < 1.29 is 28.5 Å². The Kier molecular flexibility index (Phi) is 10.8. The molecule has 1 saturated heterocycles.